The minimum atomic E-state index is -0.641. The van der Waals surface area contributed by atoms with Gasteiger partial charge in [0.25, 0.3) is 0 Å². The number of nitro groups is 1. The number of hydrogen-bond donors (Lipinski definition) is 0. The first-order chi connectivity index (χ1) is 11.5. The first kappa shape index (κ1) is 16.3. The van der Waals surface area contributed by atoms with Crippen LogP contribution < -0.4 is 4.74 Å². The molecule has 1 unspecified atom stereocenters. The Hall–Kier alpha value is -2.60. The van der Waals surface area contributed by atoms with Crippen LogP contribution in [0.25, 0.3) is 0 Å². The molecule has 0 radical (unpaired) electrons. The largest absolute Gasteiger partial charge is 0.469 e. The molecular formula is C17H14ClNO5. The van der Waals surface area contributed by atoms with Gasteiger partial charge >= 0.3 is 5.97 Å². The van der Waals surface area contributed by atoms with E-state index < -0.39 is 16.8 Å². The maximum atomic E-state index is 12.3. The molecule has 124 valence electrons. The molecule has 0 saturated carbocycles. The van der Waals surface area contributed by atoms with E-state index in [1.165, 1.54) is 7.11 Å². The lowest BCUT2D eigenvalue weighted by Crippen LogP contribution is -2.17. The van der Waals surface area contributed by atoms with Gasteiger partial charge in [-0.25, -0.2) is 0 Å². The number of nitrogens with zero attached hydrogens (tertiary/aromatic N) is 1. The van der Waals surface area contributed by atoms with Gasteiger partial charge in [-0.15, -0.1) is 0 Å². The third-order valence-electron chi connectivity index (χ3n) is 3.99. The van der Waals surface area contributed by atoms with Gasteiger partial charge in [0.1, 0.15) is 11.5 Å². The summed E-state index contributed by atoms with van der Waals surface area (Å²) in [6.45, 7) is -0.336. The monoisotopic (exact) mass is 347 g/mol. The first-order valence-electron chi connectivity index (χ1n) is 7.27. The fraction of sp³-hybridized carbons (Fsp3) is 0.235. The van der Waals surface area contributed by atoms with Crippen LogP contribution in [0.4, 0.5) is 0 Å². The second kappa shape index (κ2) is 6.49. The average molecular weight is 348 g/mol. The predicted molar refractivity (Wildman–Crippen MR) is 87.1 cm³/mol. The molecule has 0 bridgehead atoms. The highest BCUT2D eigenvalue weighted by Crippen LogP contribution is 2.42. The molecule has 0 amide bonds. The van der Waals surface area contributed by atoms with Gasteiger partial charge in [-0.3, -0.25) is 14.9 Å². The second-order valence-electron chi connectivity index (χ2n) is 5.45. The summed E-state index contributed by atoms with van der Waals surface area (Å²) < 4.78 is 10.8. The normalized spacial score (nSPS) is 15.5. The Labute approximate surface area is 143 Å². The van der Waals surface area contributed by atoms with Gasteiger partial charge in [0, 0.05) is 26.6 Å². The van der Waals surface area contributed by atoms with Crippen LogP contribution in [0.3, 0.4) is 0 Å². The number of fused-ring (bicyclic) bond motifs is 2. The number of esters is 1. The zero-order valence-electron chi connectivity index (χ0n) is 12.8. The average Bonchev–Trinajstić information content (AvgIpc) is 2.71. The number of carbonyl (C=O) groups excluding carboxylic acids is 1. The van der Waals surface area contributed by atoms with Crippen molar-refractivity contribution in [1.29, 1.82) is 0 Å². The molecule has 1 heterocycles. The van der Waals surface area contributed by atoms with Gasteiger partial charge < -0.3 is 9.47 Å². The van der Waals surface area contributed by atoms with Crippen LogP contribution in [0.15, 0.2) is 36.4 Å². The van der Waals surface area contributed by atoms with Crippen molar-refractivity contribution >= 4 is 17.6 Å². The van der Waals surface area contributed by atoms with Crippen molar-refractivity contribution in [3.05, 3.63) is 68.2 Å². The van der Waals surface area contributed by atoms with E-state index in [2.05, 4.69) is 0 Å². The number of ether oxygens (including phenoxy) is 2. The van der Waals surface area contributed by atoms with Crippen molar-refractivity contribution < 1.29 is 19.2 Å². The summed E-state index contributed by atoms with van der Waals surface area (Å²) in [5, 5.41) is 11.4. The summed E-state index contributed by atoms with van der Waals surface area (Å²) in [6.07, 6.45) is 0.249. The van der Waals surface area contributed by atoms with Gasteiger partial charge in [-0.2, -0.15) is 0 Å². The van der Waals surface area contributed by atoms with Crippen LogP contribution in [0, 0.1) is 10.1 Å². The maximum absolute atomic E-state index is 12.3. The van der Waals surface area contributed by atoms with Gasteiger partial charge in [-0.1, -0.05) is 23.7 Å². The molecule has 0 aromatic heterocycles. The van der Waals surface area contributed by atoms with E-state index in [0.29, 0.717) is 33.2 Å². The standard InChI is InChI=1S/C17H14ClNO5/c1-23-17(20)14-8-12-10(9-19(21)22)3-2-4-15(12)24-16-6-5-11(18)7-13(14)16/h2-7,14H,8-9H2,1H3. The molecule has 1 aliphatic rings. The van der Waals surface area contributed by atoms with Gasteiger partial charge in [0.15, 0.2) is 0 Å². The molecule has 1 aliphatic heterocycles. The van der Waals surface area contributed by atoms with Crippen molar-refractivity contribution in [1.82, 2.24) is 0 Å². The first-order valence-corrected chi connectivity index (χ1v) is 7.65. The van der Waals surface area contributed by atoms with E-state index in [0.717, 1.165) is 0 Å². The van der Waals surface area contributed by atoms with Crippen LogP contribution in [-0.4, -0.2) is 18.0 Å². The number of carbonyl (C=O) groups is 1. The molecule has 2 aromatic rings. The smallest absolute Gasteiger partial charge is 0.313 e. The molecule has 0 spiro atoms. The molecule has 0 N–H and O–H groups in total. The third-order valence-corrected chi connectivity index (χ3v) is 4.23. The SMILES string of the molecule is COC(=O)C1Cc2c(C[N+](=O)[O-])cccc2Oc2ccc(Cl)cc21. The van der Waals surface area contributed by atoms with Gasteiger partial charge in [0.2, 0.25) is 6.54 Å². The van der Waals surface area contributed by atoms with Crippen LogP contribution in [0.5, 0.6) is 11.5 Å². The number of halogens is 1. The molecule has 0 fully saturated rings. The number of hydrogen-bond acceptors (Lipinski definition) is 5. The minimum Gasteiger partial charge on any atom is -0.469 e. The highest BCUT2D eigenvalue weighted by Gasteiger charge is 2.31. The Morgan fingerprint density at radius 2 is 2.17 bits per heavy atom. The Morgan fingerprint density at radius 3 is 2.88 bits per heavy atom. The molecule has 0 aliphatic carbocycles. The van der Waals surface area contributed by atoms with Crippen molar-refractivity contribution in [2.45, 2.75) is 18.9 Å². The fourth-order valence-corrected chi connectivity index (χ4v) is 3.08. The molecule has 7 heteroatoms. The Morgan fingerprint density at radius 1 is 1.38 bits per heavy atom. The Bertz CT molecular complexity index is 821. The zero-order chi connectivity index (χ0) is 17.3. The lowest BCUT2D eigenvalue weighted by molar-refractivity contribution is -0.496. The summed E-state index contributed by atoms with van der Waals surface area (Å²) in [5.41, 5.74) is 1.76. The second-order valence-corrected chi connectivity index (χ2v) is 5.89. The number of benzene rings is 2. The van der Waals surface area contributed by atoms with Crippen molar-refractivity contribution in [2.24, 2.45) is 0 Å². The highest BCUT2D eigenvalue weighted by molar-refractivity contribution is 6.30. The van der Waals surface area contributed by atoms with Crippen molar-refractivity contribution in [3.63, 3.8) is 0 Å². The van der Waals surface area contributed by atoms with E-state index in [-0.39, 0.29) is 13.0 Å². The predicted octanol–water partition coefficient (Wildman–Crippen LogP) is 3.72. The van der Waals surface area contributed by atoms with Crippen LogP contribution in [-0.2, 0) is 22.5 Å². The molecule has 3 rings (SSSR count). The zero-order valence-corrected chi connectivity index (χ0v) is 13.6. The van der Waals surface area contributed by atoms with Crippen LogP contribution >= 0.6 is 11.6 Å². The Balaban J connectivity index is 2.15. The highest BCUT2D eigenvalue weighted by atomic mass is 35.5. The summed E-state index contributed by atoms with van der Waals surface area (Å²) >= 11 is 6.06. The lowest BCUT2D eigenvalue weighted by Gasteiger charge is -2.15. The quantitative estimate of drug-likeness (QED) is 0.480. The Kier molecular flexibility index (Phi) is 4.40. The molecule has 1 atom stereocenters. The van der Waals surface area contributed by atoms with Crippen LogP contribution in [0.1, 0.15) is 22.6 Å². The minimum absolute atomic E-state index is 0.249. The van der Waals surface area contributed by atoms with E-state index in [1.54, 1.807) is 36.4 Å². The summed E-state index contributed by atoms with van der Waals surface area (Å²) in [7, 11) is 1.31. The summed E-state index contributed by atoms with van der Waals surface area (Å²) in [4.78, 5) is 22.8. The number of methoxy groups -OCH3 is 1. The topological polar surface area (TPSA) is 78.7 Å². The molecule has 24 heavy (non-hydrogen) atoms. The molecular weight excluding hydrogens is 334 g/mol. The van der Waals surface area contributed by atoms with Gasteiger partial charge in [-0.05, 0) is 30.7 Å². The van der Waals surface area contributed by atoms with E-state index >= 15 is 0 Å². The maximum Gasteiger partial charge on any atom is 0.313 e. The van der Waals surface area contributed by atoms with Crippen molar-refractivity contribution in [2.75, 3.05) is 7.11 Å². The molecule has 6 nitrogen and oxygen atoms in total. The molecule has 0 saturated heterocycles. The van der Waals surface area contributed by atoms with E-state index in [4.69, 9.17) is 21.1 Å². The summed E-state index contributed by atoms with van der Waals surface area (Å²) in [6, 6.07) is 10.1. The summed E-state index contributed by atoms with van der Waals surface area (Å²) in [5.74, 6) is -0.0835. The van der Waals surface area contributed by atoms with Crippen LogP contribution in [0.2, 0.25) is 5.02 Å². The van der Waals surface area contributed by atoms with Crippen molar-refractivity contribution in [3.8, 4) is 11.5 Å². The van der Waals surface area contributed by atoms with Gasteiger partial charge in [0.05, 0.1) is 13.0 Å². The van der Waals surface area contributed by atoms with E-state index in [1.807, 2.05) is 0 Å². The van der Waals surface area contributed by atoms with E-state index in [9.17, 15) is 14.9 Å². The molecule has 2 aromatic carbocycles. The third kappa shape index (κ3) is 3.05. The fourth-order valence-electron chi connectivity index (χ4n) is 2.90. The lowest BCUT2D eigenvalue weighted by atomic mass is 9.90. The number of rotatable bonds is 3.